The summed E-state index contributed by atoms with van der Waals surface area (Å²) >= 11 is 0. The Bertz CT molecular complexity index is 653. The predicted molar refractivity (Wildman–Crippen MR) is 60.3 cm³/mol. The number of benzene rings is 1. The molecule has 0 aliphatic carbocycles. The van der Waals surface area contributed by atoms with Crippen LogP contribution in [-0.4, -0.2) is 15.2 Å². The number of hydrogen-bond acceptors (Lipinski definition) is 2. The van der Waals surface area contributed by atoms with E-state index >= 15 is 0 Å². The summed E-state index contributed by atoms with van der Waals surface area (Å²) in [6, 6.07) is 5.37. The fourth-order valence-electron chi connectivity index (χ4n) is 1.81. The molecule has 3 rings (SSSR count). The average Bonchev–Trinajstić information content (AvgIpc) is 2.88. The van der Waals surface area contributed by atoms with Crippen LogP contribution in [0.2, 0.25) is 0 Å². The van der Waals surface area contributed by atoms with Crippen LogP contribution in [-0.2, 0) is 0 Å². The van der Waals surface area contributed by atoms with Gasteiger partial charge >= 0.3 is 0 Å². The SMILES string of the molecule is Nc1[nH]ncc1-c1ccc2cc[nH]c2c1F. The summed E-state index contributed by atoms with van der Waals surface area (Å²) in [7, 11) is 0. The van der Waals surface area contributed by atoms with Gasteiger partial charge in [0, 0.05) is 22.7 Å². The predicted octanol–water partition coefficient (Wildman–Crippen LogP) is 2.28. The van der Waals surface area contributed by atoms with E-state index in [2.05, 4.69) is 15.2 Å². The van der Waals surface area contributed by atoms with E-state index in [0.29, 0.717) is 22.5 Å². The van der Waals surface area contributed by atoms with E-state index in [1.165, 1.54) is 6.20 Å². The fourth-order valence-corrected chi connectivity index (χ4v) is 1.81. The van der Waals surface area contributed by atoms with Gasteiger partial charge in [-0.15, -0.1) is 0 Å². The Morgan fingerprint density at radius 1 is 1.19 bits per heavy atom. The lowest BCUT2D eigenvalue weighted by Crippen LogP contribution is -1.90. The van der Waals surface area contributed by atoms with Crippen LogP contribution in [0.5, 0.6) is 0 Å². The molecule has 0 atom stereocenters. The molecular formula is C11H9FN4. The van der Waals surface area contributed by atoms with Crippen molar-refractivity contribution in [2.24, 2.45) is 0 Å². The zero-order valence-electron chi connectivity index (χ0n) is 8.29. The van der Waals surface area contributed by atoms with Crippen LogP contribution >= 0.6 is 0 Å². The third-order valence-electron chi connectivity index (χ3n) is 2.62. The molecule has 3 aromatic rings. The number of hydrogen-bond donors (Lipinski definition) is 3. The van der Waals surface area contributed by atoms with Gasteiger partial charge < -0.3 is 10.7 Å². The molecule has 0 radical (unpaired) electrons. The third kappa shape index (κ3) is 1.11. The highest BCUT2D eigenvalue weighted by Crippen LogP contribution is 2.30. The average molecular weight is 216 g/mol. The van der Waals surface area contributed by atoms with Gasteiger partial charge in [-0.3, -0.25) is 5.10 Å². The quantitative estimate of drug-likeness (QED) is 0.584. The number of aromatic nitrogens is 3. The Morgan fingerprint density at radius 3 is 2.81 bits per heavy atom. The maximum Gasteiger partial charge on any atom is 0.155 e. The minimum absolute atomic E-state index is 0.310. The standard InChI is InChI=1S/C11H9FN4/c12-9-7(8-5-15-16-11(8)13)2-1-6-3-4-14-10(6)9/h1-5,14H,(H3,13,15,16). The molecule has 0 aliphatic rings. The molecule has 4 nitrogen and oxygen atoms in total. The number of anilines is 1. The van der Waals surface area contributed by atoms with Crippen LogP contribution in [0.1, 0.15) is 0 Å². The summed E-state index contributed by atoms with van der Waals surface area (Å²) in [5.41, 5.74) is 7.17. The van der Waals surface area contributed by atoms with Gasteiger partial charge in [-0.05, 0) is 6.07 Å². The van der Waals surface area contributed by atoms with E-state index in [0.717, 1.165) is 5.39 Å². The monoisotopic (exact) mass is 216 g/mol. The van der Waals surface area contributed by atoms with Crippen LogP contribution < -0.4 is 5.73 Å². The summed E-state index contributed by atoms with van der Waals surface area (Å²) in [6.45, 7) is 0. The Morgan fingerprint density at radius 2 is 2.06 bits per heavy atom. The van der Waals surface area contributed by atoms with E-state index < -0.39 is 0 Å². The number of aromatic amines is 2. The number of rotatable bonds is 1. The molecule has 0 saturated heterocycles. The highest BCUT2D eigenvalue weighted by molar-refractivity contribution is 5.87. The number of nitrogens with zero attached hydrogens (tertiary/aromatic N) is 1. The van der Waals surface area contributed by atoms with Gasteiger partial charge in [0.25, 0.3) is 0 Å². The highest BCUT2D eigenvalue weighted by atomic mass is 19.1. The smallest absolute Gasteiger partial charge is 0.155 e. The first-order valence-electron chi connectivity index (χ1n) is 4.82. The van der Waals surface area contributed by atoms with Gasteiger partial charge in [-0.25, -0.2) is 4.39 Å². The zero-order valence-corrected chi connectivity index (χ0v) is 8.29. The van der Waals surface area contributed by atoms with Gasteiger partial charge in [0.1, 0.15) is 5.82 Å². The van der Waals surface area contributed by atoms with Gasteiger partial charge in [0.15, 0.2) is 5.82 Å². The van der Waals surface area contributed by atoms with Crippen molar-refractivity contribution in [3.63, 3.8) is 0 Å². The number of nitrogens with two attached hydrogens (primary N) is 1. The molecule has 2 aromatic heterocycles. The van der Waals surface area contributed by atoms with Crippen LogP contribution in [0, 0.1) is 5.82 Å². The summed E-state index contributed by atoms with van der Waals surface area (Å²) in [6.07, 6.45) is 3.22. The topological polar surface area (TPSA) is 70.5 Å². The second-order valence-corrected chi connectivity index (χ2v) is 3.57. The van der Waals surface area contributed by atoms with Crippen LogP contribution in [0.4, 0.5) is 10.2 Å². The molecule has 0 saturated carbocycles. The largest absolute Gasteiger partial charge is 0.384 e. The van der Waals surface area contributed by atoms with E-state index in [9.17, 15) is 4.39 Å². The van der Waals surface area contributed by atoms with Crippen molar-refractivity contribution in [2.45, 2.75) is 0 Å². The summed E-state index contributed by atoms with van der Waals surface area (Å²) in [5.74, 6) is 0.0559. The highest BCUT2D eigenvalue weighted by Gasteiger charge is 2.13. The maximum atomic E-state index is 14.1. The van der Waals surface area contributed by atoms with Crippen LogP contribution in [0.15, 0.2) is 30.6 Å². The van der Waals surface area contributed by atoms with Gasteiger partial charge in [0.2, 0.25) is 0 Å². The fraction of sp³-hybridized carbons (Fsp3) is 0. The van der Waals surface area contributed by atoms with Crippen LogP contribution in [0.3, 0.4) is 0 Å². The van der Waals surface area contributed by atoms with Crippen molar-refractivity contribution in [1.29, 1.82) is 0 Å². The number of H-pyrrole nitrogens is 2. The molecular weight excluding hydrogens is 207 g/mol. The van der Waals surface area contributed by atoms with E-state index in [1.54, 1.807) is 12.3 Å². The molecule has 5 heteroatoms. The normalized spacial score (nSPS) is 11.1. The molecule has 0 fully saturated rings. The number of nitrogen functional groups attached to an aromatic ring is 1. The second-order valence-electron chi connectivity index (χ2n) is 3.57. The first kappa shape index (κ1) is 8.96. The van der Waals surface area contributed by atoms with Crippen molar-refractivity contribution >= 4 is 16.7 Å². The molecule has 1 aromatic carbocycles. The van der Waals surface area contributed by atoms with Crippen molar-refractivity contribution < 1.29 is 4.39 Å². The van der Waals surface area contributed by atoms with Crippen molar-refractivity contribution in [3.8, 4) is 11.1 Å². The van der Waals surface area contributed by atoms with Gasteiger partial charge in [-0.1, -0.05) is 12.1 Å². The molecule has 0 amide bonds. The van der Waals surface area contributed by atoms with E-state index in [-0.39, 0.29) is 5.82 Å². The molecule has 0 spiro atoms. The lowest BCUT2D eigenvalue weighted by atomic mass is 10.1. The zero-order chi connectivity index (χ0) is 11.1. The van der Waals surface area contributed by atoms with E-state index in [1.807, 2.05) is 12.1 Å². The second kappa shape index (κ2) is 3.10. The molecule has 0 aliphatic heterocycles. The van der Waals surface area contributed by atoms with E-state index in [4.69, 9.17) is 5.73 Å². The van der Waals surface area contributed by atoms with Crippen molar-refractivity contribution in [3.05, 3.63) is 36.4 Å². The lowest BCUT2D eigenvalue weighted by Gasteiger charge is -2.02. The number of halogens is 1. The summed E-state index contributed by atoms with van der Waals surface area (Å²) in [4.78, 5) is 2.86. The van der Waals surface area contributed by atoms with Crippen molar-refractivity contribution in [2.75, 3.05) is 5.73 Å². The first-order valence-corrected chi connectivity index (χ1v) is 4.82. The molecule has 0 unspecified atom stereocenters. The van der Waals surface area contributed by atoms with Gasteiger partial charge in [-0.2, -0.15) is 5.10 Å². The minimum atomic E-state index is -0.310. The van der Waals surface area contributed by atoms with Gasteiger partial charge in [0.05, 0.1) is 11.7 Å². The maximum absolute atomic E-state index is 14.1. The van der Waals surface area contributed by atoms with Crippen molar-refractivity contribution in [1.82, 2.24) is 15.2 Å². The third-order valence-corrected chi connectivity index (χ3v) is 2.62. The Balaban J connectivity index is 2.32. The Labute approximate surface area is 90.3 Å². The summed E-state index contributed by atoms with van der Waals surface area (Å²) < 4.78 is 14.1. The molecule has 80 valence electrons. The minimum Gasteiger partial charge on any atom is -0.384 e. The van der Waals surface area contributed by atoms with Crippen LogP contribution in [0.25, 0.3) is 22.0 Å². The summed E-state index contributed by atoms with van der Waals surface area (Å²) in [5, 5.41) is 7.20. The Kier molecular flexibility index (Phi) is 1.73. The molecule has 16 heavy (non-hydrogen) atoms. The first-order chi connectivity index (χ1) is 7.77. The number of nitrogens with one attached hydrogen (secondary N) is 2. The Hall–Kier alpha value is -2.30. The lowest BCUT2D eigenvalue weighted by molar-refractivity contribution is 0.641. The number of fused-ring (bicyclic) bond motifs is 1. The molecule has 0 bridgehead atoms. The molecule has 4 N–H and O–H groups in total. The molecule has 2 heterocycles.